The molecule has 3 rings (SSSR count). The first-order chi connectivity index (χ1) is 12.5. The van der Waals surface area contributed by atoms with Gasteiger partial charge in [0, 0.05) is 22.4 Å². The van der Waals surface area contributed by atoms with Gasteiger partial charge < -0.3 is 19.9 Å². The predicted molar refractivity (Wildman–Crippen MR) is 100 cm³/mol. The normalized spacial score (nSPS) is 16.4. The van der Waals surface area contributed by atoms with E-state index in [9.17, 15) is 14.0 Å². The van der Waals surface area contributed by atoms with E-state index in [0.717, 1.165) is 24.6 Å². The number of halogens is 1. The predicted octanol–water partition coefficient (Wildman–Crippen LogP) is 1.44. The van der Waals surface area contributed by atoms with Crippen molar-refractivity contribution >= 4 is 40.2 Å². The Labute approximate surface area is 155 Å². The van der Waals surface area contributed by atoms with Gasteiger partial charge in [-0.1, -0.05) is 0 Å². The number of fused-ring (bicyclic) bond motifs is 1. The molecule has 1 atom stereocenters. The highest BCUT2D eigenvalue weighted by Crippen LogP contribution is 2.29. The van der Waals surface area contributed by atoms with Crippen molar-refractivity contribution in [1.82, 2.24) is 4.98 Å². The molecule has 1 saturated heterocycles. The molecule has 1 aliphatic heterocycles. The van der Waals surface area contributed by atoms with Crippen LogP contribution >= 0.6 is 11.8 Å². The third-order valence-electron chi connectivity index (χ3n) is 4.63. The molecule has 0 saturated carbocycles. The third-order valence-corrected chi connectivity index (χ3v) is 5.61. The molecular weight excluding hydrogens is 357 g/mol. The second-order valence-corrected chi connectivity index (χ2v) is 7.49. The molecule has 1 fully saturated rings. The number of rotatable bonds is 5. The Hall–Kier alpha value is -2.06. The van der Waals surface area contributed by atoms with Gasteiger partial charge in [0.1, 0.15) is 11.5 Å². The van der Waals surface area contributed by atoms with Crippen LogP contribution in [0.5, 0.6) is 0 Å². The Bertz CT molecular complexity index is 817. The zero-order valence-corrected chi connectivity index (χ0v) is 15.7. The topological polar surface area (TPSA) is 75.6 Å². The third kappa shape index (κ3) is 3.86. The quantitative estimate of drug-likeness (QED) is 0.687. The summed E-state index contributed by atoms with van der Waals surface area (Å²) in [7, 11) is 0. The Morgan fingerprint density at radius 3 is 2.81 bits per heavy atom. The second kappa shape index (κ2) is 8.09. The first kappa shape index (κ1) is 18.7. The molecule has 140 valence electrons. The van der Waals surface area contributed by atoms with Crippen LogP contribution < -0.4 is 10.2 Å². The second-order valence-electron chi connectivity index (χ2n) is 6.27. The summed E-state index contributed by atoms with van der Waals surface area (Å²) in [4.78, 5) is 29.2. The van der Waals surface area contributed by atoms with Crippen LogP contribution in [0.1, 0.15) is 24.3 Å². The maximum absolute atomic E-state index is 13.7. The number of H-pyrrole nitrogens is 1. The fourth-order valence-electron chi connectivity index (χ4n) is 3.13. The number of hydrogen-bond donors (Lipinski definition) is 3. The van der Waals surface area contributed by atoms with Gasteiger partial charge in [-0.25, -0.2) is 9.18 Å². The van der Waals surface area contributed by atoms with Crippen LogP contribution in [0.4, 0.5) is 10.1 Å². The molecule has 0 radical (unpaired) electrons. The number of benzene rings is 1. The van der Waals surface area contributed by atoms with E-state index in [4.69, 9.17) is 4.74 Å². The zero-order valence-electron chi connectivity index (χ0n) is 14.9. The fraction of sp³-hybridized carbons (Fsp3) is 0.444. The van der Waals surface area contributed by atoms with E-state index < -0.39 is 11.8 Å². The molecule has 3 N–H and O–H groups in total. The van der Waals surface area contributed by atoms with E-state index in [1.165, 1.54) is 17.0 Å². The van der Waals surface area contributed by atoms with Gasteiger partial charge in [0.15, 0.2) is 6.04 Å². The van der Waals surface area contributed by atoms with Crippen LogP contribution in [-0.4, -0.2) is 54.1 Å². The summed E-state index contributed by atoms with van der Waals surface area (Å²) in [6, 6.07) is 3.89. The summed E-state index contributed by atoms with van der Waals surface area (Å²) in [5.74, 6) is 0.851. The largest absolute Gasteiger partial charge is 0.461 e. The highest BCUT2D eigenvalue weighted by molar-refractivity contribution is 7.99. The Balaban J connectivity index is 1.91. The summed E-state index contributed by atoms with van der Waals surface area (Å²) >= 11 is 1.89. The van der Waals surface area contributed by atoms with E-state index in [-0.39, 0.29) is 29.9 Å². The Kier molecular flexibility index (Phi) is 5.83. The van der Waals surface area contributed by atoms with Crippen LogP contribution in [0.25, 0.3) is 10.9 Å². The molecule has 26 heavy (non-hydrogen) atoms. The molecule has 8 heteroatoms. The molecule has 0 spiro atoms. The molecule has 2 aromatic rings. The van der Waals surface area contributed by atoms with Gasteiger partial charge in [0.05, 0.1) is 25.4 Å². The van der Waals surface area contributed by atoms with Crippen molar-refractivity contribution < 1.29 is 23.6 Å². The van der Waals surface area contributed by atoms with Crippen LogP contribution in [0, 0.1) is 5.82 Å². The summed E-state index contributed by atoms with van der Waals surface area (Å²) in [5, 5.41) is 3.29. The minimum absolute atomic E-state index is 0.136. The van der Waals surface area contributed by atoms with Gasteiger partial charge in [-0.05, 0) is 32.0 Å². The van der Waals surface area contributed by atoms with Crippen LogP contribution in [-0.2, 0) is 9.53 Å². The fourth-order valence-corrected chi connectivity index (χ4v) is 4.15. The molecule has 1 aliphatic rings. The smallest absolute Gasteiger partial charge is 0.356 e. The van der Waals surface area contributed by atoms with Gasteiger partial charge >= 0.3 is 5.97 Å². The maximum atomic E-state index is 13.7. The molecule has 0 unspecified atom stereocenters. The van der Waals surface area contributed by atoms with Crippen LogP contribution in [0.15, 0.2) is 18.2 Å². The lowest BCUT2D eigenvalue weighted by Gasteiger charge is -2.28. The molecule has 0 aliphatic carbocycles. The first-order valence-electron chi connectivity index (χ1n) is 8.72. The van der Waals surface area contributed by atoms with E-state index in [1.54, 1.807) is 13.0 Å². The number of quaternary nitrogens is 1. The number of amides is 1. The van der Waals surface area contributed by atoms with Crippen LogP contribution in [0.3, 0.4) is 0 Å². The number of aromatic amines is 1. The number of hydrogen-bond acceptors (Lipinski definition) is 4. The van der Waals surface area contributed by atoms with Crippen LogP contribution in [0.2, 0.25) is 0 Å². The van der Waals surface area contributed by atoms with E-state index in [2.05, 4.69) is 10.3 Å². The van der Waals surface area contributed by atoms with Gasteiger partial charge in [-0.15, -0.1) is 0 Å². The number of thioether (sulfide) groups is 1. The van der Waals surface area contributed by atoms with Gasteiger partial charge in [-0.3, -0.25) is 4.79 Å². The standard InChI is InChI=1S/C18H22FN3O3S/c1-3-25-18(24)16-15(13-10-12(19)4-5-14(13)20-16)21-17(23)11(2)22-6-8-26-9-7-22/h4-5,10-11,20H,3,6-9H2,1-2H3,(H,21,23)/p+1/t11-/m0/s1. The van der Waals surface area contributed by atoms with Crippen molar-refractivity contribution in [3.8, 4) is 0 Å². The number of aromatic nitrogens is 1. The number of esters is 1. The minimum Gasteiger partial charge on any atom is -0.461 e. The lowest BCUT2D eigenvalue weighted by Crippen LogP contribution is -3.18. The molecule has 1 aromatic carbocycles. The molecule has 6 nitrogen and oxygen atoms in total. The van der Waals surface area contributed by atoms with Crippen molar-refractivity contribution in [2.75, 3.05) is 36.5 Å². The SMILES string of the molecule is CCOC(=O)c1[nH]c2ccc(F)cc2c1NC(=O)[C@H](C)[NH+]1CCSCC1. The zero-order chi connectivity index (χ0) is 18.7. The highest BCUT2D eigenvalue weighted by atomic mass is 32.2. The number of nitrogens with one attached hydrogen (secondary N) is 3. The van der Waals surface area contributed by atoms with E-state index in [0.29, 0.717) is 10.9 Å². The molecular formula is C18H23FN3O3S+. The number of anilines is 1. The number of ether oxygens (including phenoxy) is 1. The molecule has 1 amide bonds. The minimum atomic E-state index is -0.575. The van der Waals surface area contributed by atoms with E-state index >= 15 is 0 Å². The van der Waals surface area contributed by atoms with Crippen molar-refractivity contribution in [1.29, 1.82) is 0 Å². The van der Waals surface area contributed by atoms with Gasteiger partial charge in [0.2, 0.25) is 0 Å². The number of carbonyl (C=O) groups excluding carboxylic acids is 2. The summed E-state index contributed by atoms with van der Waals surface area (Å²) in [5.41, 5.74) is 0.983. The summed E-state index contributed by atoms with van der Waals surface area (Å²) in [6.07, 6.45) is 0. The van der Waals surface area contributed by atoms with Crippen molar-refractivity contribution in [3.05, 3.63) is 29.7 Å². The highest BCUT2D eigenvalue weighted by Gasteiger charge is 2.29. The molecule has 0 bridgehead atoms. The summed E-state index contributed by atoms with van der Waals surface area (Å²) in [6.45, 7) is 5.64. The summed E-state index contributed by atoms with van der Waals surface area (Å²) < 4.78 is 18.8. The Morgan fingerprint density at radius 1 is 1.38 bits per heavy atom. The van der Waals surface area contributed by atoms with Gasteiger partial charge in [-0.2, -0.15) is 11.8 Å². The monoisotopic (exact) mass is 380 g/mol. The maximum Gasteiger partial charge on any atom is 0.356 e. The number of carbonyl (C=O) groups is 2. The molecule has 1 aromatic heterocycles. The average Bonchev–Trinajstić information content (AvgIpc) is 3.00. The first-order valence-corrected chi connectivity index (χ1v) is 9.88. The lowest BCUT2D eigenvalue weighted by molar-refractivity contribution is -0.910. The average molecular weight is 380 g/mol. The van der Waals surface area contributed by atoms with Gasteiger partial charge in [0.25, 0.3) is 5.91 Å². The van der Waals surface area contributed by atoms with Crippen molar-refractivity contribution in [2.45, 2.75) is 19.9 Å². The lowest BCUT2D eigenvalue weighted by atomic mass is 10.2. The van der Waals surface area contributed by atoms with Crippen molar-refractivity contribution in [3.63, 3.8) is 0 Å². The van der Waals surface area contributed by atoms with Crippen molar-refractivity contribution in [2.24, 2.45) is 0 Å². The molecule has 2 heterocycles. The van der Waals surface area contributed by atoms with E-state index in [1.807, 2.05) is 18.7 Å². The Morgan fingerprint density at radius 2 is 2.12 bits per heavy atom.